The lowest BCUT2D eigenvalue weighted by Gasteiger charge is -2.15. The average molecular weight is 263 g/mol. The Morgan fingerprint density at radius 3 is 3.28 bits per heavy atom. The first-order valence-corrected chi connectivity index (χ1v) is 6.82. The van der Waals surface area contributed by atoms with Crippen molar-refractivity contribution in [1.29, 1.82) is 0 Å². The first kappa shape index (κ1) is 11.4. The second kappa shape index (κ2) is 4.89. The highest BCUT2D eigenvalue weighted by Crippen LogP contribution is 2.25. The van der Waals surface area contributed by atoms with Crippen molar-refractivity contribution in [2.75, 3.05) is 13.1 Å². The van der Waals surface area contributed by atoms with E-state index in [1.54, 1.807) is 11.3 Å². The van der Waals surface area contributed by atoms with E-state index in [0.717, 1.165) is 18.5 Å². The molecule has 2 aromatic heterocycles. The second-order valence-electron chi connectivity index (χ2n) is 4.42. The van der Waals surface area contributed by atoms with Gasteiger partial charge in [-0.25, -0.2) is 0 Å². The van der Waals surface area contributed by atoms with Crippen LogP contribution in [-0.2, 0) is 11.2 Å². The number of thiophene rings is 1. The normalized spacial score (nSPS) is 19.3. The fourth-order valence-corrected chi connectivity index (χ4v) is 2.90. The Balaban J connectivity index is 1.60. The zero-order valence-electron chi connectivity index (χ0n) is 9.78. The third kappa shape index (κ3) is 2.28. The van der Waals surface area contributed by atoms with Gasteiger partial charge in [-0.1, -0.05) is 5.16 Å². The summed E-state index contributed by atoms with van der Waals surface area (Å²) in [6.45, 7) is 1.48. The van der Waals surface area contributed by atoms with E-state index in [-0.39, 0.29) is 11.8 Å². The van der Waals surface area contributed by atoms with Crippen LogP contribution in [0.2, 0.25) is 0 Å². The maximum Gasteiger partial charge on any atom is 0.227 e. The van der Waals surface area contributed by atoms with Crippen molar-refractivity contribution >= 4 is 17.2 Å². The first-order valence-electron chi connectivity index (χ1n) is 5.88. The lowest BCUT2D eigenvalue weighted by atomic mass is 10.1. The molecule has 0 radical (unpaired) electrons. The smallest absolute Gasteiger partial charge is 0.227 e. The standard InChI is InChI=1S/C12H13N3O2S/c16-11(5-9-2-4-18-7-9)15-3-1-10(6-15)12-13-8-17-14-12/h2,4,7-8,10H,1,3,5-6H2. The van der Waals surface area contributed by atoms with E-state index in [1.807, 2.05) is 21.7 Å². The van der Waals surface area contributed by atoms with Gasteiger partial charge in [0, 0.05) is 19.0 Å². The zero-order chi connectivity index (χ0) is 12.4. The lowest BCUT2D eigenvalue weighted by Crippen LogP contribution is -2.29. The molecule has 0 spiro atoms. The molecular weight excluding hydrogens is 250 g/mol. The molecule has 1 aliphatic heterocycles. The Bertz CT molecular complexity index is 509. The van der Waals surface area contributed by atoms with Gasteiger partial charge in [-0.05, 0) is 28.8 Å². The van der Waals surface area contributed by atoms with Crippen LogP contribution in [0, 0.1) is 0 Å². The van der Waals surface area contributed by atoms with Gasteiger partial charge in [0.05, 0.1) is 6.42 Å². The predicted octanol–water partition coefficient (Wildman–Crippen LogP) is 1.69. The molecule has 1 amide bonds. The average Bonchev–Trinajstić information content (AvgIpc) is 3.11. The van der Waals surface area contributed by atoms with Gasteiger partial charge in [0.2, 0.25) is 12.3 Å². The van der Waals surface area contributed by atoms with Crippen molar-refractivity contribution in [3.63, 3.8) is 0 Å². The molecule has 0 saturated carbocycles. The Morgan fingerprint density at radius 1 is 1.61 bits per heavy atom. The first-order chi connectivity index (χ1) is 8.83. The molecule has 1 unspecified atom stereocenters. The molecule has 2 aromatic rings. The van der Waals surface area contributed by atoms with Crippen molar-refractivity contribution in [2.45, 2.75) is 18.8 Å². The number of likely N-dealkylation sites (tertiary alicyclic amines) is 1. The summed E-state index contributed by atoms with van der Waals surface area (Å²) in [5, 5.41) is 7.86. The fraction of sp³-hybridized carbons (Fsp3) is 0.417. The maximum absolute atomic E-state index is 12.1. The van der Waals surface area contributed by atoms with Crippen LogP contribution in [-0.4, -0.2) is 34.0 Å². The van der Waals surface area contributed by atoms with Crippen LogP contribution >= 0.6 is 11.3 Å². The molecule has 1 aliphatic rings. The summed E-state index contributed by atoms with van der Waals surface area (Å²) in [4.78, 5) is 18.0. The number of carbonyl (C=O) groups excluding carboxylic acids is 1. The van der Waals surface area contributed by atoms with E-state index in [1.165, 1.54) is 6.39 Å². The third-order valence-electron chi connectivity index (χ3n) is 3.22. The van der Waals surface area contributed by atoms with Gasteiger partial charge >= 0.3 is 0 Å². The van der Waals surface area contributed by atoms with Gasteiger partial charge in [-0.2, -0.15) is 16.3 Å². The molecule has 6 heteroatoms. The van der Waals surface area contributed by atoms with Crippen LogP contribution in [0.15, 0.2) is 27.7 Å². The fourth-order valence-electron chi connectivity index (χ4n) is 2.24. The highest BCUT2D eigenvalue weighted by Gasteiger charge is 2.29. The zero-order valence-corrected chi connectivity index (χ0v) is 10.6. The number of rotatable bonds is 3. The SMILES string of the molecule is O=C(Cc1ccsc1)N1CCC(c2ncon2)C1. The van der Waals surface area contributed by atoms with Crippen molar-refractivity contribution in [2.24, 2.45) is 0 Å². The van der Waals surface area contributed by atoms with Crippen LogP contribution in [0.25, 0.3) is 0 Å². The number of hydrogen-bond acceptors (Lipinski definition) is 5. The molecule has 1 atom stereocenters. The van der Waals surface area contributed by atoms with Gasteiger partial charge in [0.1, 0.15) is 0 Å². The second-order valence-corrected chi connectivity index (χ2v) is 5.20. The lowest BCUT2D eigenvalue weighted by molar-refractivity contribution is -0.129. The van der Waals surface area contributed by atoms with Crippen molar-refractivity contribution in [1.82, 2.24) is 15.0 Å². The Labute approximate surface area is 108 Å². The van der Waals surface area contributed by atoms with Gasteiger partial charge in [-0.3, -0.25) is 4.79 Å². The van der Waals surface area contributed by atoms with Crippen LogP contribution in [0.1, 0.15) is 23.7 Å². The number of amides is 1. The molecule has 1 fully saturated rings. The molecule has 94 valence electrons. The van der Waals surface area contributed by atoms with Crippen molar-refractivity contribution in [3.8, 4) is 0 Å². The molecule has 0 N–H and O–H groups in total. The quantitative estimate of drug-likeness (QED) is 0.845. The summed E-state index contributed by atoms with van der Waals surface area (Å²) < 4.78 is 4.74. The molecular formula is C12H13N3O2S. The predicted molar refractivity (Wildman–Crippen MR) is 66.3 cm³/mol. The van der Waals surface area contributed by atoms with E-state index in [4.69, 9.17) is 4.52 Å². The molecule has 0 bridgehead atoms. The number of nitrogens with zero attached hydrogens (tertiary/aromatic N) is 3. The van der Waals surface area contributed by atoms with Crippen LogP contribution in [0.4, 0.5) is 0 Å². The topological polar surface area (TPSA) is 59.2 Å². The summed E-state index contributed by atoms with van der Waals surface area (Å²) in [7, 11) is 0. The van der Waals surface area contributed by atoms with Gasteiger partial charge in [-0.15, -0.1) is 0 Å². The molecule has 1 saturated heterocycles. The maximum atomic E-state index is 12.1. The summed E-state index contributed by atoms with van der Waals surface area (Å²) in [6, 6.07) is 2.00. The Morgan fingerprint density at radius 2 is 2.56 bits per heavy atom. The van der Waals surface area contributed by atoms with E-state index >= 15 is 0 Å². The highest BCUT2D eigenvalue weighted by atomic mass is 32.1. The molecule has 0 aliphatic carbocycles. The van der Waals surface area contributed by atoms with Crippen LogP contribution in [0.5, 0.6) is 0 Å². The van der Waals surface area contributed by atoms with E-state index in [2.05, 4.69) is 10.1 Å². The highest BCUT2D eigenvalue weighted by molar-refractivity contribution is 7.07. The van der Waals surface area contributed by atoms with Gasteiger partial charge < -0.3 is 9.42 Å². The molecule has 18 heavy (non-hydrogen) atoms. The summed E-state index contributed by atoms with van der Waals surface area (Å²) >= 11 is 1.62. The minimum atomic E-state index is 0.180. The third-order valence-corrected chi connectivity index (χ3v) is 3.95. The van der Waals surface area contributed by atoms with E-state index < -0.39 is 0 Å². The van der Waals surface area contributed by atoms with Crippen molar-refractivity contribution in [3.05, 3.63) is 34.6 Å². The molecule has 3 rings (SSSR count). The van der Waals surface area contributed by atoms with Crippen LogP contribution < -0.4 is 0 Å². The number of hydrogen-bond donors (Lipinski definition) is 0. The Kier molecular flexibility index (Phi) is 3.10. The molecule has 0 aromatic carbocycles. The van der Waals surface area contributed by atoms with Crippen LogP contribution in [0.3, 0.4) is 0 Å². The summed E-state index contributed by atoms with van der Waals surface area (Å²) in [5.74, 6) is 1.11. The molecule has 3 heterocycles. The largest absolute Gasteiger partial charge is 0.343 e. The Hall–Kier alpha value is -1.69. The van der Waals surface area contributed by atoms with E-state index in [0.29, 0.717) is 18.8 Å². The summed E-state index contributed by atoms with van der Waals surface area (Å²) in [5.41, 5.74) is 1.09. The summed E-state index contributed by atoms with van der Waals surface area (Å²) in [6.07, 6.45) is 2.74. The molecule has 5 nitrogen and oxygen atoms in total. The van der Waals surface area contributed by atoms with Crippen molar-refractivity contribution < 1.29 is 9.32 Å². The minimum Gasteiger partial charge on any atom is -0.343 e. The monoisotopic (exact) mass is 263 g/mol. The van der Waals surface area contributed by atoms with Gasteiger partial charge in [0.25, 0.3) is 0 Å². The van der Waals surface area contributed by atoms with Gasteiger partial charge in [0.15, 0.2) is 5.82 Å². The minimum absolute atomic E-state index is 0.180. The number of carbonyl (C=O) groups is 1. The number of aromatic nitrogens is 2. The van der Waals surface area contributed by atoms with E-state index in [9.17, 15) is 4.79 Å².